The summed E-state index contributed by atoms with van der Waals surface area (Å²) < 4.78 is 10.7. The first-order valence-electron chi connectivity index (χ1n) is 6.61. The van der Waals surface area contributed by atoms with Crippen LogP contribution in [0.4, 0.5) is 5.69 Å². The predicted octanol–water partition coefficient (Wildman–Crippen LogP) is 2.74. The Kier molecular flexibility index (Phi) is 4.88. The summed E-state index contributed by atoms with van der Waals surface area (Å²) in [5.41, 5.74) is 7.81. The number of ether oxygens (including phenoxy) is 1. The molecule has 3 N–H and O–H groups in total. The largest absolute Gasteiger partial charge is 0.493 e. The summed E-state index contributed by atoms with van der Waals surface area (Å²) in [4.78, 5) is 12.1. The quantitative estimate of drug-likeness (QED) is 0.914. The van der Waals surface area contributed by atoms with E-state index in [-0.39, 0.29) is 24.9 Å². The molecule has 1 aromatic heterocycles. The van der Waals surface area contributed by atoms with Crippen LogP contribution in [0.5, 0.6) is 5.75 Å². The monoisotopic (exact) mass is 308 g/mol. The maximum Gasteiger partial charge on any atom is 0.258 e. The number of hydrogen-bond acceptors (Lipinski definition) is 4. The van der Waals surface area contributed by atoms with E-state index >= 15 is 0 Å². The SMILES string of the molecule is Cl.NCc1cc(C(=O)Nc2ccc3c(c2)CCCO3)co1. The third-order valence-electron chi connectivity index (χ3n) is 3.28. The summed E-state index contributed by atoms with van der Waals surface area (Å²) in [7, 11) is 0. The van der Waals surface area contributed by atoms with Crippen molar-refractivity contribution in [3.8, 4) is 5.75 Å². The Bertz CT molecular complexity index is 640. The summed E-state index contributed by atoms with van der Waals surface area (Å²) in [6.45, 7) is 1.04. The van der Waals surface area contributed by atoms with Crippen LogP contribution in [0, 0.1) is 0 Å². The van der Waals surface area contributed by atoms with Crippen LogP contribution in [0.15, 0.2) is 34.9 Å². The van der Waals surface area contributed by atoms with E-state index in [1.807, 2.05) is 18.2 Å². The van der Waals surface area contributed by atoms with Crippen LogP contribution in [-0.4, -0.2) is 12.5 Å². The molecule has 0 bridgehead atoms. The second-order valence-electron chi connectivity index (χ2n) is 4.73. The van der Waals surface area contributed by atoms with E-state index < -0.39 is 0 Å². The van der Waals surface area contributed by atoms with Crippen LogP contribution >= 0.6 is 12.4 Å². The predicted molar refractivity (Wildman–Crippen MR) is 82.1 cm³/mol. The van der Waals surface area contributed by atoms with E-state index in [0.717, 1.165) is 36.4 Å². The Morgan fingerprint density at radius 1 is 1.33 bits per heavy atom. The number of hydrogen-bond donors (Lipinski definition) is 2. The van der Waals surface area contributed by atoms with Gasteiger partial charge in [-0.25, -0.2) is 0 Å². The third kappa shape index (κ3) is 3.37. The van der Waals surface area contributed by atoms with E-state index in [1.165, 1.54) is 6.26 Å². The molecule has 0 unspecified atom stereocenters. The fourth-order valence-electron chi connectivity index (χ4n) is 2.25. The Labute approximate surface area is 128 Å². The van der Waals surface area contributed by atoms with E-state index in [2.05, 4.69) is 5.32 Å². The maximum absolute atomic E-state index is 12.1. The molecule has 0 radical (unpaired) electrons. The number of benzene rings is 1. The van der Waals surface area contributed by atoms with Crippen molar-refractivity contribution in [3.05, 3.63) is 47.4 Å². The highest BCUT2D eigenvalue weighted by atomic mass is 35.5. The molecular formula is C15H17ClN2O3. The van der Waals surface area contributed by atoms with Crippen LogP contribution in [0.1, 0.15) is 28.1 Å². The second-order valence-corrected chi connectivity index (χ2v) is 4.73. The number of rotatable bonds is 3. The molecule has 0 saturated heterocycles. The van der Waals surface area contributed by atoms with Crippen LogP contribution in [0.3, 0.4) is 0 Å². The zero-order valence-electron chi connectivity index (χ0n) is 11.4. The molecule has 5 nitrogen and oxygen atoms in total. The minimum Gasteiger partial charge on any atom is -0.493 e. The van der Waals surface area contributed by atoms with Gasteiger partial charge < -0.3 is 20.2 Å². The summed E-state index contributed by atoms with van der Waals surface area (Å²) in [5.74, 6) is 1.29. The van der Waals surface area contributed by atoms with Crippen molar-refractivity contribution in [2.75, 3.05) is 11.9 Å². The van der Waals surface area contributed by atoms with Crippen molar-refractivity contribution in [2.45, 2.75) is 19.4 Å². The molecule has 1 aromatic carbocycles. The van der Waals surface area contributed by atoms with Gasteiger partial charge in [-0.15, -0.1) is 12.4 Å². The van der Waals surface area contributed by atoms with Gasteiger partial charge in [-0.2, -0.15) is 0 Å². The van der Waals surface area contributed by atoms with E-state index in [4.69, 9.17) is 14.9 Å². The molecule has 0 spiro atoms. The minimum absolute atomic E-state index is 0. The molecule has 2 aromatic rings. The van der Waals surface area contributed by atoms with Gasteiger partial charge in [0, 0.05) is 5.69 Å². The lowest BCUT2D eigenvalue weighted by Gasteiger charge is -2.17. The number of carbonyl (C=O) groups excluding carboxylic acids is 1. The number of amides is 1. The number of anilines is 1. The van der Waals surface area contributed by atoms with Gasteiger partial charge in [-0.05, 0) is 42.7 Å². The number of halogens is 1. The highest BCUT2D eigenvalue weighted by molar-refractivity contribution is 6.04. The summed E-state index contributed by atoms with van der Waals surface area (Å²) in [6, 6.07) is 7.34. The van der Waals surface area contributed by atoms with Gasteiger partial charge in [0.25, 0.3) is 5.91 Å². The van der Waals surface area contributed by atoms with E-state index in [1.54, 1.807) is 6.07 Å². The lowest BCUT2D eigenvalue weighted by atomic mass is 10.1. The Morgan fingerprint density at radius 2 is 2.19 bits per heavy atom. The number of nitrogens with two attached hydrogens (primary N) is 1. The third-order valence-corrected chi connectivity index (χ3v) is 3.28. The zero-order valence-corrected chi connectivity index (χ0v) is 12.2. The lowest BCUT2D eigenvalue weighted by Crippen LogP contribution is -2.13. The van der Waals surface area contributed by atoms with Gasteiger partial charge in [-0.3, -0.25) is 4.79 Å². The number of nitrogens with one attached hydrogen (secondary N) is 1. The highest BCUT2D eigenvalue weighted by Gasteiger charge is 2.13. The van der Waals surface area contributed by atoms with Gasteiger partial charge in [0.2, 0.25) is 0 Å². The van der Waals surface area contributed by atoms with Crippen LogP contribution in [-0.2, 0) is 13.0 Å². The first kappa shape index (κ1) is 15.4. The van der Waals surface area contributed by atoms with Crippen LogP contribution in [0.25, 0.3) is 0 Å². The number of carbonyl (C=O) groups is 1. The summed E-state index contributed by atoms with van der Waals surface area (Å²) in [5, 5.41) is 2.85. The zero-order chi connectivity index (χ0) is 13.9. The fraction of sp³-hybridized carbons (Fsp3) is 0.267. The Hall–Kier alpha value is -1.98. The van der Waals surface area contributed by atoms with Crippen molar-refractivity contribution < 1.29 is 13.9 Å². The molecule has 0 atom stereocenters. The molecule has 2 heterocycles. The van der Waals surface area contributed by atoms with Gasteiger partial charge >= 0.3 is 0 Å². The van der Waals surface area contributed by atoms with Crippen molar-refractivity contribution >= 4 is 24.0 Å². The molecule has 6 heteroatoms. The molecule has 0 fully saturated rings. The van der Waals surface area contributed by atoms with Gasteiger partial charge in [0.05, 0.1) is 18.7 Å². The van der Waals surface area contributed by atoms with Crippen molar-refractivity contribution in [2.24, 2.45) is 5.73 Å². The number of fused-ring (bicyclic) bond motifs is 1. The van der Waals surface area contributed by atoms with Crippen molar-refractivity contribution in [3.63, 3.8) is 0 Å². The highest BCUT2D eigenvalue weighted by Crippen LogP contribution is 2.27. The van der Waals surface area contributed by atoms with E-state index in [9.17, 15) is 4.79 Å². The molecule has 21 heavy (non-hydrogen) atoms. The number of aryl methyl sites for hydroxylation is 1. The average molecular weight is 309 g/mol. The standard InChI is InChI=1S/C15H16N2O3.ClH/c16-8-13-7-11(9-20-13)15(18)17-12-3-4-14-10(6-12)2-1-5-19-14;/h3-4,6-7,9H,1-2,5,8,16H2,(H,17,18);1H. The first-order chi connectivity index (χ1) is 9.76. The normalized spacial score (nSPS) is 12.8. The van der Waals surface area contributed by atoms with Crippen LogP contribution < -0.4 is 15.8 Å². The van der Waals surface area contributed by atoms with Crippen molar-refractivity contribution in [1.82, 2.24) is 0 Å². The van der Waals surface area contributed by atoms with Crippen LogP contribution in [0.2, 0.25) is 0 Å². The molecule has 0 aliphatic carbocycles. The van der Waals surface area contributed by atoms with Gasteiger partial charge in [-0.1, -0.05) is 0 Å². The Morgan fingerprint density at radius 3 is 2.95 bits per heavy atom. The maximum atomic E-state index is 12.1. The minimum atomic E-state index is -0.204. The summed E-state index contributed by atoms with van der Waals surface area (Å²) in [6.07, 6.45) is 3.40. The molecule has 1 amide bonds. The summed E-state index contributed by atoms with van der Waals surface area (Å²) >= 11 is 0. The molecular weight excluding hydrogens is 292 g/mol. The molecule has 1 aliphatic heterocycles. The molecule has 112 valence electrons. The van der Waals surface area contributed by atoms with Gasteiger partial charge in [0.15, 0.2) is 0 Å². The first-order valence-corrected chi connectivity index (χ1v) is 6.61. The lowest BCUT2D eigenvalue weighted by molar-refractivity contribution is 0.102. The smallest absolute Gasteiger partial charge is 0.258 e. The van der Waals surface area contributed by atoms with Gasteiger partial charge in [0.1, 0.15) is 17.8 Å². The molecule has 3 rings (SSSR count). The van der Waals surface area contributed by atoms with E-state index in [0.29, 0.717) is 11.3 Å². The molecule has 0 saturated carbocycles. The topological polar surface area (TPSA) is 77.5 Å². The Balaban J connectivity index is 0.00000161. The molecule has 1 aliphatic rings. The van der Waals surface area contributed by atoms with Crippen molar-refractivity contribution in [1.29, 1.82) is 0 Å². The average Bonchev–Trinajstić information content (AvgIpc) is 2.96. The fourth-order valence-corrected chi connectivity index (χ4v) is 2.25. The second kappa shape index (κ2) is 6.65. The number of furan rings is 1.